The highest BCUT2D eigenvalue weighted by atomic mass is 32.1. The van der Waals surface area contributed by atoms with Crippen molar-refractivity contribution in [2.24, 2.45) is 0 Å². The molecule has 5 nitrogen and oxygen atoms in total. The Bertz CT molecular complexity index is 907. The van der Waals surface area contributed by atoms with Crippen molar-refractivity contribution in [1.82, 2.24) is 0 Å². The number of rotatable bonds is 4. The van der Waals surface area contributed by atoms with Crippen LogP contribution in [0.25, 0.3) is 4.85 Å². The molecule has 1 aliphatic heterocycles. The van der Waals surface area contributed by atoms with Crippen LogP contribution in [0.1, 0.15) is 44.8 Å². The summed E-state index contributed by atoms with van der Waals surface area (Å²) in [7, 11) is 0. The number of thiophene rings is 1. The molecule has 0 saturated carbocycles. The molecule has 2 aliphatic rings. The van der Waals surface area contributed by atoms with Crippen LogP contribution in [0, 0.1) is 6.57 Å². The maximum atomic E-state index is 11.9. The van der Waals surface area contributed by atoms with Crippen molar-refractivity contribution in [2.75, 3.05) is 31.2 Å². The van der Waals surface area contributed by atoms with Crippen LogP contribution in [0.3, 0.4) is 0 Å². The predicted molar refractivity (Wildman–Crippen MR) is 106 cm³/mol. The van der Waals surface area contributed by atoms with Gasteiger partial charge in [-0.3, -0.25) is 0 Å². The van der Waals surface area contributed by atoms with E-state index in [1.54, 1.807) is 0 Å². The summed E-state index contributed by atoms with van der Waals surface area (Å²) in [5.41, 5.74) is 5.03. The quantitative estimate of drug-likeness (QED) is 0.801. The summed E-state index contributed by atoms with van der Waals surface area (Å²) >= 11 is 1.23. The van der Waals surface area contributed by atoms with Gasteiger partial charge in [0.1, 0.15) is 4.88 Å². The molecule has 6 heteroatoms. The number of aryl methyl sites for hydroxylation is 2. The Morgan fingerprint density at radius 3 is 2.67 bits per heavy atom. The summed E-state index contributed by atoms with van der Waals surface area (Å²) in [6.45, 7) is 10.3. The van der Waals surface area contributed by atoms with Gasteiger partial charge in [-0.1, -0.05) is 18.2 Å². The number of carbonyl (C=O) groups is 1. The van der Waals surface area contributed by atoms with Crippen LogP contribution in [0.15, 0.2) is 18.2 Å². The van der Waals surface area contributed by atoms with Gasteiger partial charge in [0.15, 0.2) is 0 Å². The molecule has 1 aromatic heterocycles. The van der Waals surface area contributed by atoms with Crippen LogP contribution in [0.2, 0.25) is 0 Å². The second kappa shape index (κ2) is 7.71. The van der Waals surface area contributed by atoms with Crippen molar-refractivity contribution in [3.05, 3.63) is 56.7 Å². The smallest absolute Gasteiger partial charge is 0.344 e. The molecule has 140 valence electrons. The molecule has 0 amide bonds. The SMILES string of the molecule is [C-]#[N+]c1c(N2CCOCC2)sc(C(=O)O)c1Cc1ccc2c(c1)CCCC2. The molecule has 1 N–H and O–H groups in total. The molecule has 0 spiro atoms. The van der Waals surface area contributed by atoms with Crippen LogP contribution in [0.4, 0.5) is 10.7 Å². The van der Waals surface area contributed by atoms with Gasteiger partial charge in [0, 0.05) is 13.1 Å². The number of aromatic carboxylic acids is 1. The monoisotopic (exact) mass is 382 g/mol. The number of morpholine rings is 1. The first kappa shape index (κ1) is 18.0. The number of carboxylic acid groups (broad SMARTS) is 1. The Labute approximate surface area is 163 Å². The number of carboxylic acids is 1. The fraction of sp³-hybridized carbons (Fsp3) is 0.429. The van der Waals surface area contributed by atoms with Crippen molar-refractivity contribution in [1.29, 1.82) is 0 Å². The maximum Gasteiger partial charge on any atom is 0.344 e. The molecule has 1 aliphatic carbocycles. The van der Waals surface area contributed by atoms with Gasteiger partial charge >= 0.3 is 5.97 Å². The topological polar surface area (TPSA) is 54.1 Å². The van der Waals surface area contributed by atoms with Gasteiger partial charge < -0.3 is 14.7 Å². The molecule has 27 heavy (non-hydrogen) atoms. The molecule has 2 heterocycles. The minimum atomic E-state index is -0.947. The molecule has 4 rings (SSSR count). The number of benzene rings is 1. The minimum Gasteiger partial charge on any atom is -0.477 e. The number of anilines is 1. The van der Waals surface area contributed by atoms with Gasteiger partial charge in [-0.05, 0) is 54.4 Å². The molecule has 1 aromatic carbocycles. The first-order valence-corrected chi connectivity index (χ1v) is 10.2. The van der Waals surface area contributed by atoms with Crippen molar-refractivity contribution in [3.8, 4) is 0 Å². The van der Waals surface area contributed by atoms with E-state index >= 15 is 0 Å². The lowest BCUT2D eigenvalue weighted by Gasteiger charge is -2.28. The number of ether oxygens (including phenoxy) is 1. The van der Waals surface area contributed by atoms with Crippen LogP contribution < -0.4 is 4.90 Å². The third kappa shape index (κ3) is 3.58. The van der Waals surface area contributed by atoms with Crippen molar-refractivity contribution in [2.45, 2.75) is 32.1 Å². The molecule has 0 unspecified atom stereocenters. The summed E-state index contributed by atoms with van der Waals surface area (Å²) in [6, 6.07) is 6.48. The standard InChI is InChI=1S/C21H22N2O3S/c1-22-18-17(13-14-6-7-15-4-2-3-5-16(15)12-14)19(21(24)25)27-20(18)23-8-10-26-11-9-23/h6-7,12H,2-5,8-11,13H2,(H,24,25). The number of fused-ring (bicyclic) bond motifs is 1. The maximum absolute atomic E-state index is 11.9. The van der Waals surface area contributed by atoms with Gasteiger partial charge in [0.25, 0.3) is 0 Å². The summed E-state index contributed by atoms with van der Waals surface area (Å²) < 4.78 is 5.40. The normalized spacial score (nSPS) is 16.6. The zero-order valence-electron chi connectivity index (χ0n) is 15.2. The fourth-order valence-corrected chi connectivity index (χ4v) is 5.13. The molecule has 1 fully saturated rings. The molecule has 0 atom stereocenters. The van der Waals surface area contributed by atoms with Crippen molar-refractivity contribution < 1.29 is 14.6 Å². The summed E-state index contributed by atoms with van der Waals surface area (Å²) in [4.78, 5) is 18.0. The van der Waals surface area contributed by atoms with E-state index in [2.05, 4.69) is 27.9 Å². The van der Waals surface area contributed by atoms with Crippen LogP contribution in [-0.2, 0) is 24.0 Å². The van der Waals surface area contributed by atoms with Crippen molar-refractivity contribution >= 4 is 28.0 Å². The summed E-state index contributed by atoms with van der Waals surface area (Å²) in [5, 5.41) is 10.5. The molecule has 0 bridgehead atoms. The first-order valence-electron chi connectivity index (χ1n) is 9.37. The first-order chi connectivity index (χ1) is 13.2. The van der Waals surface area contributed by atoms with Crippen LogP contribution in [0.5, 0.6) is 0 Å². The number of hydrogen-bond acceptors (Lipinski definition) is 4. The second-order valence-electron chi connectivity index (χ2n) is 7.07. The van der Waals surface area contributed by atoms with Gasteiger partial charge in [-0.2, -0.15) is 0 Å². The summed E-state index contributed by atoms with van der Waals surface area (Å²) in [6.07, 6.45) is 5.16. The zero-order chi connectivity index (χ0) is 18.8. The Balaban J connectivity index is 1.71. The molecular weight excluding hydrogens is 360 g/mol. The van der Waals surface area contributed by atoms with E-state index in [4.69, 9.17) is 11.3 Å². The van der Waals surface area contributed by atoms with Crippen LogP contribution in [-0.4, -0.2) is 37.4 Å². The number of nitrogens with zero attached hydrogens (tertiary/aromatic N) is 2. The lowest BCUT2D eigenvalue weighted by atomic mass is 9.89. The van der Waals surface area contributed by atoms with Gasteiger partial charge in [0.05, 0.1) is 24.8 Å². The Morgan fingerprint density at radius 2 is 1.96 bits per heavy atom. The highest BCUT2D eigenvalue weighted by molar-refractivity contribution is 7.18. The lowest BCUT2D eigenvalue weighted by Crippen LogP contribution is -2.35. The Kier molecular flexibility index (Phi) is 5.15. The summed E-state index contributed by atoms with van der Waals surface area (Å²) in [5.74, 6) is -0.947. The van der Waals surface area contributed by atoms with Gasteiger partial charge in [-0.15, -0.1) is 11.3 Å². The Morgan fingerprint density at radius 1 is 1.22 bits per heavy atom. The van der Waals surface area contributed by atoms with E-state index in [9.17, 15) is 9.90 Å². The molecule has 2 aromatic rings. The van der Waals surface area contributed by atoms with E-state index in [0.717, 1.165) is 23.4 Å². The highest BCUT2D eigenvalue weighted by Gasteiger charge is 2.27. The van der Waals surface area contributed by atoms with E-state index in [1.807, 2.05) is 0 Å². The lowest BCUT2D eigenvalue weighted by molar-refractivity contribution is 0.0701. The molecule has 1 saturated heterocycles. The van der Waals surface area contributed by atoms with E-state index in [1.165, 1.54) is 35.3 Å². The Hall–Kier alpha value is -2.36. The van der Waals surface area contributed by atoms with Crippen molar-refractivity contribution in [3.63, 3.8) is 0 Å². The minimum absolute atomic E-state index is 0.292. The largest absolute Gasteiger partial charge is 0.477 e. The van der Waals surface area contributed by atoms with Gasteiger partial charge in [0.2, 0.25) is 5.69 Å². The second-order valence-corrected chi connectivity index (χ2v) is 8.07. The number of hydrogen-bond donors (Lipinski definition) is 1. The third-order valence-electron chi connectivity index (χ3n) is 5.36. The fourth-order valence-electron chi connectivity index (χ4n) is 3.98. The predicted octanol–water partition coefficient (Wildman–Crippen LogP) is 4.30. The van der Waals surface area contributed by atoms with Crippen LogP contribution >= 0.6 is 11.3 Å². The highest BCUT2D eigenvalue weighted by Crippen LogP contribution is 2.44. The average Bonchev–Trinajstić information content (AvgIpc) is 3.07. The van der Waals surface area contributed by atoms with E-state index in [-0.39, 0.29) is 0 Å². The zero-order valence-corrected chi connectivity index (χ0v) is 16.0. The molecular formula is C21H22N2O3S. The van der Waals surface area contributed by atoms with Gasteiger partial charge in [-0.25, -0.2) is 9.64 Å². The van der Waals surface area contributed by atoms with E-state index < -0.39 is 5.97 Å². The van der Waals surface area contributed by atoms with E-state index in [0.29, 0.717) is 48.9 Å². The average molecular weight is 382 g/mol. The molecule has 0 radical (unpaired) electrons. The third-order valence-corrected chi connectivity index (χ3v) is 6.63.